The summed E-state index contributed by atoms with van der Waals surface area (Å²) in [5.74, 6) is -1.39. The average molecular weight is 286 g/mol. The molecule has 0 spiro atoms. The summed E-state index contributed by atoms with van der Waals surface area (Å²) in [6.45, 7) is -0.271. The first-order valence-electron chi connectivity index (χ1n) is 5.91. The van der Waals surface area contributed by atoms with Gasteiger partial charge < -0.3 is 10.8 Å². The van der Waals surface area contributed by atoms with Gasteiger partial charge in [0.15, 0.2) is 0 Å². The van der Waals surface area contributed by atoms with Gasteiger partial charge in [0, 0.05) is 6.54 Å². The standard InChI is InChI=1S/C12H18N2O4S/c13-9-11(12(15)16)14-19(17,18)8-4-7-10-5-2-1-3-6-10/h1-3,5-6,11,14H,4,7-9,13H2,(H,15,16). The third-order valence-electron chi connectivity index (χ3n) is 2.58. The molecule has 6 nitrogen and oxygen atoms in total. The number of aliphatic carboxylic acids is 1. The summed E-state index contributed by atoms with van der Waals surface area (Å²) in [6.07, 6.45) is 1.05. The minimum Gasteiger partial charge on any atom is -0.480 e. The van der Waals surface area contributed by atoms with Gasteiger partial charge in [0.25, 0.3) is 0 Å². The monoisotopic (exact) mass is 286 g/mol. The summed E-state index contributed by atoms with van der Waals surface area (Å²) in [5.41, 5.74) is 6.24. The van der Waals surface area contributed by atoms with Crippen LogP contribution in [0.25, 0.3) is 0 Å². The molecule has 0 heterocycles. The number of nitrogens with one attached hydrogen (secondary N) is 1. The maximum absolute atomic E-state index is 11.7. The third kappa shape index (κ3) is 5.82. The lowest BCUT2D eigenvalue weighted by molar-refractivity contribution is -0.138. The van der Waals surface area contributed by atoms with Crippen molar-refractivity contribution in [2.75, 3.05) is 12.3 Å². The molecule has 1 aromatic carbocycles. The smallest absolute Gasteiger partial charge is 0.323 e. The van der Waals surface area contributed by atoms with E-state index >= 15 is 0 Å². The second kappa shape index (κ2) is 7.22. The second-order valence-electron chi connectivity index (χ2n) is 4.15. The number of rotatable bonds is 8. The Morgan fingerprint density at radius 3 is 2.47 bits per heavy atom. The Balaban J connectivity index is 2.45. The number of nitrogens with two attached hydrogens (primary N) is 1. The van der Waals surface area contributed by atoms with E-state index in [0.29, 0.717) is 12.8 Å². The van der Waals surface area contributed by atoms with Gasteiger partial charge in [0.05, 0.1) is 5.75 Å². The van der Waals surface area contributed by atoms with Gasteiger partial charge in [-0.3, -0.25) is 4.79 Å². The number of benzene rings is 1. The number of aryl methyl sites for hydroxylation is 1. The van der Waals surface area contributed by atoms with E-state index in [0.717, 1.165) is 5.56 Å². The number of carbonyl (C=O) groups is 1. The highest BCUT2D eigenvalue weighted by atomic mass is 32.2. The Hall–Kier alpha value is -1.44. The Bertz CT molecular complexity index is 502. The van der Waals surface area contributed by atoms with Gasteiger partial charge in [0.1, 0.15) is 6.04 Å². The SMILES string of the molecule is NCC(NS(=O)(=O)CCCc1ccccc1)C(=O)O. The molecule has 1 aromatic rings. The predicted molar refractivity (Wildman–Crippen MR) is 72.2 cm³/mol. The van der Waals surface area contributed by atoms with E-state index < -0.39 is 22.0 Å². The van der Waals surface area contributed by atoms with Crippen molar-refractivity contribution < 1.29 is 18.3 Å². The topological polar surface area (TPSA) is 109 Å². The summed E-state index contributed by atoms with van der Waals surface area (Å²) < 4.78 is 25.4. The van der Waals surface area contributed by atoms with Crippen LogP contribution in [0.15, 0.2) is 30.3 Å². The summed E-state index contributed by atoms with van der Waals surface area (Å²) >= 11 is 0. The minimum absolute atomic E-state index is 0.119. The van der Waals surface area contributed by atoms with Gasteiger partial charge >= 0.3 is 5.97 Å². The predicted octanol–water partition coefficient (Wildman–Crippen LogP) is -0.0495. The molecule has 0 fully saturated rings. The molecule has 1 atom stereocenters. The van der Waals surface area contributed by atoms with Crippen LogP contribution >= 0.6 is 0 Å². The second-order valence-corrected chi connectivity index (χ2v) is 6.03. The number of sulfonamides is 1. The van der Waals surface area contributed by atoms with Crippen LogP contribution in [0.2, 0.25) is 0 Å². The van der Waals surface area contributed by atoms with Gasteiger partial charge in [0.2, 0.25) is 10.0 Å². The van der Waals surface area contributed by atoms with E-state index in [1.54, 1.807) is 0 Å². The molecule has 0 aliphatic carbocycles. The molecular weight excluding hydrogens is 268 g/mol. The molecule has 7 heteroatoms. The van der Waals surface area contributed by atoms with Gasteiger partial charge in [-0.2, -0.15) is 4.72 Å². The molecule has 1 unspecified atom stereocenters. The first-order chi connectivity index (χ1) is 8.94. The summed E-state index contributed by atoms with van der Waals surface area (Å²) in [4.78, 5) is 10.7. The van der Waals surface area contributed by atoms with Gasteiger partial charge in [-0.1, -0.05) is 30.3 Å². The average Bonchev–Trinajstić information content (AvgIpc) is 2.37. The third-order valence-corrected chi connectivity index (χ3v) is 4.05. The maximum atomic E-state index is 11.7. The minimum atomic E-state index is -3.62. The van der Waals surface area contributed by atoms with Crippen LogP contribution in [-0.4, -0.2) is 37.8 Å². The van der Waals surface area contributed by atoms with Crippen LogP contribution in [0.3, 0.4) is 0 Å². The van der Waals surface area contributed by atoms with Crippen LogP contribution in [0.4, 0.5) is 0 Å². The maximum Gasteiger partial charge on any atom is 0.323 e. The van der Waals surface area contributed by atoms with E-state index in [4.69, 9.17) is 10.8 Å². The zero-order valence-electron chi connectivity index (χ0n) is 10.5. The molecule has 106 valence electrons. The lowest BCUT2D eigenvalue weighted by atomic mass is 10.1. The zero-order chi connectivity index (χ0) is 14.3. The van der Waals surface area contributed by atoms with Crippen LogP contribution in [0.1, 0.15) is 12.0 Å². The molecule has 0 amide bonds. The quantitative estimate of drug-likeness (QED) is 0.620. The first-order valence-corrected chi connectivity index (χ1v) is 7.56. The van der Waals surface area contributed by atoms with Crippen molar-refractivity contribution in [1.29, 1.82) is 0 Å². The van der Waals surface area contributed by atoms with Crippen molar-refractivity contribution in [3.63, 3.8) is 0 Å². The molecule has 4 N–H and O–H groups in total. The Morgan fingerprint density at radius 2 is 1.95 bits per heavy atom. The lowest BCUT2D eigenvalue weighted by Crippen LogP contribution is -2.46. The molecule has 0 aliphatic heterocycles. The largest absolute Gasteiger partial charge is 0.480 e. The molecule has 1 rings (SSSR count). The van der Waals surface area contributed by atoms with Crippen LogP contribution in [0.5, 0.6) is 0 Å². The fourth-order valence-corrected chi connectivity index (χ4v) is 2.86. The van der Waals surface area contributed by atoms with Crippen LogP contribution < -0.4 is 10.5 Å². The van der Waals surface area contributed by atoms with Crippen molar-refractivity contribution in [2.24, 2.45) is 5.73 Å². The Labute approximate surface area is 112 Å². The number of carboxylic acid groups (broad SMARTS) is 1. The van der Waals surface area contributed by atoms with Gasteiger partial charge in [-0.05, 0) is 18.4 Å². The molecule has 0 bridgehead atoms. The van der Waals surface area contributed by atoms with Gasteiger partial charge in [-0.25, -0.2) is 8.42 Å². The van der Waals surface area contributed by atoms with Crippen molar-refractivity contribution in [2.45, 2.75) is 18.9 Å². The fourth-order valence-electron chi connectivity index (χ4n) is 1.59. The van der Waals surface area contributed by atoms with Crippen molar-refractivity contribution in [3.8, 4) is 0 Å². The normalized spacial score (nSPS) is 13.1. The molecular formula is C12H18N2O4S. The summed E-state index contributed by atoms with van der Waals surface area (Å²) in [5, 5.41) is 8.73. The lowest BCUT2D eigenvalue weighted by Gasteiger charge is -2.12. The molecule has 0 saturated carbocycles. The Kier molecular flexibility index (Phi) is 5.94. The highest BCUT2D eigenvalue weighted by molar-refractivity contribution is 7.89. The number of hydrogen-bond acceptors (Lipinski definition) is 4. The summed E-state index contributed by atoms with van der Waals surface area (Å²) in [7, 11) is -3.62. The number of hydrogen-bond donors (Lipinski definition) is 3. The zero-order valence-corrected chi connectivity index (χ0v) is 11.3. The van der Waals surface area contributed by atoms with E-state index in [-0.39, 0.29) is 12.3 Å². The van der Waals surface area contributed by atoms with E-state index in [1.165, 1.54) is 0 Å². The summed E-state index contributed by atoms with van der Waals surface area (Å²) in [6, 6.07) is 8.23. The van der Waals surface area contributed by atoms with Crippen LogP contribution in [-0.2, 0) is 21.2 Å². The Morgan fingerprint density at radius 1 is 1.32 bits per heavy atom. The highest BCUT2D eigenvalue weighted by Crippen LogP contribution is 2.04. The first kappa shape index (κ1) is 15.6. The van der Waals surface area contributed by atoms with E-state index in [1.807, 2.05) is 30.3 Å². The molecule has 0 aromatic heterocycles. The molecule has 0 saturated heterocycles. The van der Waals surface area contributed by atoms with Crippen molar-refractivity contribution in [1.82, 2.24) is 4.72 Å². The van der Waals surface area contributed by atoms with Crippen LogP contribution in [0, 0.1) is 0 Å². The molecule has 19 heavy (non-hydrogen) atoms. The van der Waals surface area contributed by atoms with E-state index in [9.17, 15) is 13.2 Å². The fraction of sp³-hybridized carbons (Fsp3) is 0.417. The van der Waals surface area contributed by atoms with Gasteiger partial charge in [-0.15, -0.1) is 0 Å². The van der Waals surface area contributed by atoms with Crippen molar-refractivity contribution >= 4 is 16.0 Å². The van der Waals surface area contributed by atoms with E-state index in [2.05, 4.69) is 4.72 Å². The number of carboxylic acids is 1. The molecule has 0 aliphatic rings. The highest BCUT2D eigenvalue weighted by Gasteiger charge is 2.21. The van der Waals surface area contributed by atoms with Crippen molar-refractivity contribution in [3.05, 3.63) is 35.9 Å². The molecule has 0 radical (unpaired) electrons.